The van der Waals surface area contributed by atoms with Crippen molar-refractivity contribution in [1.29, 1.82) is 0 Å². The van der Waals surface area contributed by atoms with Crippen LogP contribution in [0.2, 0.25) is 0 Å². The van der Waals surface area contributed by atoms with Crippen LogP contribution in [0.1, 0.15) is 11.4 Å². The van der Waals surface area contributed by atoms with Crippen LogP contribution < -0.4 is 10.9 Å². The van der Waals surface area contributed by atoms with Gasteiger partial charge in [0.1, 0.15) is 17.9 Å². The number of hydrogen-bond acceptors (Lipinski definition) is 5. The first-order chi connectivity index (χ1) is 12.3. The zero-order valence-corrected chi connectivity index (χ0v) is 14.1. The second kappa shape index (κ2) is 6.67. The van der Waals surface area contributed by atoms with Gasteiger partial charge in [-0.05, 0) is 31.5 Å². The zero-order chi connectivity index (χ0) is 18.8. The average Bonchev–Trinajstić information content (AvgIpc) is 3.12. The standard InChI is InChI=1S/C16H16N6O4/c1-9-16(22(25)26)10(2)21(20-9)8-15(24)17-12-5-3-11(4-6-12)13-7-14(23)19-18-13/h3-7H,8H2,1-2H3,(H,17,24)(H2,18,19,23). The number of aromatic amines is 2. The van der Waals surface area contributed by atoms with E-state index in [2.05, 4.69) is 20.6 Å². The summed E-state index contributed by atoms with van der Waals surface area (Å²) in [5.41, 5.74) is 2.28. The number of amides is 1. The summed E-state index contributed by atoms with van der Waals surface area (Å²) in [7, 11) is 0. The SMILES string of the molecule is Cc1nn(CC(=O)Nc2ccc(-c3cc(=O)[nH][nH]3)cc2)c(C)c1[N+](=O)[O-]. The van der Waals surface area contributed by atoms with Gasteiger partial charge in [-0.2, -0.15) is 5.10 Å². The summed E-state index contributed by atoms with van der Waals surface area (Å²) < 4.78 is 1.31. The maximum Gasteiger partial charge on any atom is 0.312 e. The van der Waals surface area contributed by atoms with Crippen LogP contribution in [-0.2, 0) is 11.3 Å². The van der Waals surface area contributed by atoms with Crippen LogP contribution in [0, 0.1) is 24.0 Å². The minimum absolute atomic E-state index is 0.0809. The minimum Gasteiger partial charge on any atom is -0.324 e. The first-order valence-electron chi connectivity index (χ1n) is 7.71. The fourth-order valence-corrected chi connectivity index (χ4v) is 2.66. The molecule has 1 amide bonds. The topological polar surface area (TPSA) is 139 Å². The highest BCUT2D eigenvalue weighted by molar-refractivity contribution is 5.90. The number of H-pyrrole nitrogens is 2. The van der Waals surface area contributed by atoms with E-state index in [0.29, 0.717) is 17.1 Å². The number of carbonyl (C=O) groups excluding carboxylic acids is 1. The molecule has 3 N–H and O–H groups in total. The van der Waals surface area contributed by atoms with Crippen molar-refractivity contribution >= 4 is 17.3 Å². The fourth-order valence-electron chi connectivity index (χ4n) is 2.66. The second-order valence-corrected chi connectivity index (χ2v) is 5.73. The number of rotatable bonds is 5. The molecule has 0 aliphatic carbocycles. The lowest BCUT2D eigenvalue weighted by Crippen LogP contribution is -2.20. The fraction of sp³-hybridized carbons (Fsp3) is 0.188. The first kappa shape index (κ1) is 17.1. The molecule has 0 aliphatic heterocycles. The molecule has 0 saturated carbocycles. The van der Waals surface area contributed by atoms with Crippen molar-refractivity contribution in [1.82, 2.24) is 20.0 Å². The van der Waals surface area contributed by atoms with Gasteiger partial charge in [0, 0.05) is 11.8 Å². The molecular formula is C16H16N6O4. The number of nitrogens with zero attached hydrogens (tertiary/aromatic N) is 3. The molecule has 2 aromatic heterocycles. The van der Waals surface area contributed by atoms with Crippen molar-refractivity contribution in [2.45, 2.75) is 20.4 Å². The summed E-state index contributed by atoms with van der Waals surface area (Å²) in [4.78, 5) is 33.8. The summed E-state index contributed by atoms with van der Waals surface area (Å²) in [5.74, 6) is -0.353. The first-order valence-corrected chi connectivity index (χ1v) is 7.71. The average molecular weight is 356 g/mol. The van der Waals surface area contributed by atoms with Crippen LogP contribution in [-0.4, -0.2) is 30.8 Å². The lowest BCUT2D eigenvalue weighted by Gasteiger charge is -2.07. The van der Waals surface area contributed by atoms with E-state index in [4.69, 9.17) is 0 Å². The van der Waals surface area contributed by atoms with Crippen LogP contribution in [0.25, 0.3) is 11.3 Å². The molecule has 3 aromatic rings. The molecule has 10 nitrogen and oxygen atoms in total. The number of carbonyl (C=O) groups is 1. The quantitative estimate of drug-likeness (QED) is 0.472. The lowest BCUT2D eigenvalue weighted by atomic mass is 10.1. The Bertz CT molecular complexity index is 1030. The Labute approximate surface area is 147 Å². The third kappa shape index (κ3) is 3.38. The summed E-state index contributed by atoms with van der Waals surface area (Å²) >= 11 is 0. The van der Waals surface area contributed by atoms with Gasteiger partial charge in [0.25, 0.3) is 5.56 Å². The number of aromatic nitrogens is 4. The van der Waals surface area contributed by atoms with Gasteiger partial charge in [0.2, 0.25) is 5.91 Å². The molecule has 0 unspecified atom stereocenters. The monoisotopic (exact) mass is 356 g/mol. The van der Waals surface area contributed by atoms with Gasteiger partial charge in [0.15, 0.2) is 0 Å². The van der Waals surface area contributed by atoms with Crippen molar-refractivity contribution < 1.29 is 9.72 Å². The number of aryl methyl sites for hydroxylation is 1. The lowest BCUT2D eigenvalue weighted by molar-refractivity contribution is -0.386. The summed E-state index contributed by atoms with van der Waals surface area (Å²) in [5, 5.41) is 23.0. The molecule has 0 aliphatic rings. The van der Waals surface area contributed by atoms with Gasteiger partial charge < -0.3 is 5.32 Å². The highest BCUT2D eigenvalue weighted by Crippen LogP contribution is 2.22. The molecule has 0 fully saturated rings. The summed E-state index contributed by atoms with van der Waals surface area (Å²) in [6.07, 6.45) is 0. The van der Waals surface area contributed by atoms with Gasteiger partial charge in [0.05, 0.1) is 10.6 Å². The molecule has 134 valence electrons. The van der Waals surface area contributed by atoms with E-state index in [-0.39, 0.29) is 29.4 Å². The second-order valence-electron chi connectivity index (χ2n) is 5.73. The predicted octanol–water partition coefficient (Wildman–Crippen LogP) is 1.73. The number of benzene rings is 1. The van der Waals surface area contributed by atoms with Crippen molar-refractivity contribution in [2.75, 3.05) is 5.32 Å². The maximum absolute atomic E-state index is 12.2. The molecule has 0 radical (unpaired) electrons. The molecule has 0 atom stereocenters. The molecule has 0 spiro atoms. The zero-order valence-electron chi connectivity index (χ0n) is 14.1. The van der Waals surface area contributed by atoms with Crippen LogP contribution in [0.4, 0.5) is 11.4 Å². The molecule has 10 heteroatoms. The van der Waals surface area contributed by atoms with Crippen molar-refractivity contribution in [3.63, 3.8) is 0 Å². The molecule has 3 rings (SSSR count). The third-order valence-corrected chi connectivity index (χ3v) is 3.89. The van der Waals surface area contributed by atoms with E-state index in [9.17, 15) is 19.7 Å². The van der Waals surface area contributed by atoms with E-state index >= 15 is 0 Å². The Hall–Kier alpha value is -3.69. The van der Waals surface area contributed by atoms with Crippen LogP contribution in [0.5, 0.6) is 0 Å². The van der Waals surface area contributed by atoms with E-state index in [1.54, 1.807) is 31.2 Å². The summed E-state index contributed by atoms with van der Waals surface area (Å²) in [6, 6.07) is 8.33. The molecule has 0 bridgehead atoms. The Morgan fingerprint density at radius 1 is 1.27 bits per heavy atom. The van der Waals surface area contributed by atoms with E-state index in [1.807, 2.05) is 0 Å². The van der Waals surface area contributed by atoms with Crippen molar-refractivity contribution in [3.8, 4) is 11.3 Å². The maximum atomic E-state index is 12.2. The van der Waals surface area contributed by atoms with Gasteiger partial charge >= 0.3 is 5.69 Å². The Morgan fingerprint density at radius 2 is 1.96 bits per heavy atom. The third-order valence-electron chi connectivity index (χ3n) is 3.89. The van der Waals surface area contributed by atoms with Gasteiger partial charge in [-0.1, -0.05) is 12.1 Å². The van der Waals surface area contributed by atoms with E-state index in [0.717, 1.165) is 5.56 Å². The van der Waals surface area contributed by atoms with E-state index < -0.39 is 4.92 Å². The largest absolute Gasteiger partial charge is 0.324 e. The van der Waals surface area contributed by atoms with Crippen LogP contribution >= 0.6 is 0 Å². The Balaban J connectivity index is 1.70. The Kier molecular flexibility index (Phi) is 4.40. The number of anilines is 1. The van der Waals surface area contributed by atoms with Crippen LogP contribution in [0.15, 0.2) is 35.1 Å². The molecular weight excluding hydrogens is 340 g/mol. The highest BCUT2D eigenvalue weighted by Gasteiger charge is 2.22. The Morgan fingerprint density at radius 3 is 2.50 bits per heavy atom. The minimum atomic E-state index is -0.504. The van der Waals surface area contributed by atoms with Crippen molar-refractivity contribution in [3.05, 3.63) is 62.2 Å². The van der Waals surface area contributed by atoms with E-state index in [1.165, 1.54) is 17.7 Å². The molecule has 0 saturated heterocycles. The molecule has 1 aromatic carbocycles. The number of nitrogens with one attached hydrogen (secondary N) is 3. The number of nitro groups is 1. The van der Waals surface area contributed by atoms with Gasteiger partial charge in [-0.15, -0.1) is 0 Å². The predicted molar refractivity (Wildman–Crippen MR) is 93.8 cm³/mol. The van der Waals surface area contributed by atoms with Gasteiger partial charge in [-0.25, -0.2) is 0 Å². The highest BCUT2D eigenvalue weighted by atomic mass is 16.6. The smallest absolute Gasteiger partial charge is 0.312 e. The van der Waals surface area contributed by atoms with Crippen molar-refractivity contribution in [2.24, 2.45) is 0 Å². The van der Waals surface area contributed by atoms with Crippen LogP contribution in [0.3, 0.4) is 0 Å². The molecule has 2 heterocycles. The normalized spacial score (nSPS) is 10.7. The number of hydrogen-bond donors (Lipinski definition) is 3. The summed E-state index contributed by atoms with van der Waals surface area (Å²) in [6.45, 7) is 2.95. The van der Waals surface area contributed by atoms with Gasteiger partial charge in [-0.3, -0.25) is 34.6 Å². The molecule has 26 heavy (non-hydrogen) atoms.